The van der Waals surface area contributed by atoms with Gasteiger partial charge in [0.2, 0.25) is 0 Å². The molecule has 4 rings (SSSR count). The van der Waals surface area contributed by atoms with E-state index < -0.39 is 0 Å². The van der Waals surface area contributed by atoms with Crippen molar-refractivity contribution >= 4 is 11.6 Å². The topological polar surface area (TPSA) is 62.8 Å². The number of carbonyl (C=O) groups excluding carboxylic acids is 2. The minimum absolute atomic E-state index is 0.0395. The Morgan fingerprint density at radius 3 is 2.57 bits per heavy atom. The maximum absolute atomic E-state index is 13.1. The van der Waals surface area contributed by atoms with Crippen molar-refractivity contribution in [2.45, 2.75) is 52.9 Å². The minimum atomic E-state index is -0.0395. The van der Waals surface area contributed by atoms with Crippen LogP contribution in [0.4, 0.5) is 0 Å². The summed E-state index contributed by atoms with van der Waals surface area (Å²) >= 11 is 0. The Labute approximate surface area is 177 Å². The van der Waals surface area contributed by atoms with Crippen LogP contribution in [-0.4, -0.2) is 21.5 Å². The number of aromatic nitrogens is 2. The van der Waals surface area contributed by atoms with E-state index in [1.807, 2.05) is 31.2 Å². The number of aromatic amines is 1. The molecule has 4 nitrogen and oxygen atoms in total. The van der Waals surface area contributed by atoms with E-state index in [-0.39, 0.29) is 17.0 Å². The molecule has 2 heterocycles. The van der Waals surface area contributed by atoms with Crippen LogP contribution in [0.1, 0.15) is 66.4 Å². The monoisotopic (exact) mass is 400 g/mol. The van der Waals surface area contributed by atoms with Crippen molar-refractivity contribution in [2.24, 2.45) is 5.41 Å². The molecule has 0 amide bonds. The van der Waals surface area contributed by atoms with Crippen LogP contribution in [-0.2, 0) is 24.1 Å². The van der Waals surface area contributed by atoms with Crippen molar-refractivity contribution in [1.29, 1.82) is 0 Å². The van der Waals surface area contributed by atoms with Gasteiger partial charge in [-0.3, -0.25) is 14.6 Å². The van der Waals surface area contributed by atoms with Gasteiger partial charge in [-0.2, -0.15) is 0 Å². The first-order valence-electron chi connectivity index (χ1n) is 10.6. The van der Waals surface area contributed by atoms with Crippen molar-refractivity contribution in [2.75, 3.05) is 0 Å². The van der Waals surface area contributed by atoms with Crippen LogP contribution >= 0.6 is 0 Å². The standard InChI is InChI=1S/C26H28N2O2/c1-4-20(29)13-17-6-5-7-18(12-17)14-21-24-22(15-26(2,3)16-23(24)30)28-25(21)19-8-10-27-11-9-19/h5-12,28H,4,13-16H2,1-3H3. The zero-order valence-electron chi connectivity index (χ0n) is 17.9. The van der Waals surface area contributed by atoms with Gasteiger partial charge in [0.25, 0.3) is 0 Å². The number of rotatable bonds is 6. The predicted octanol–water partition coefficient (Wildman–Crippen LogP) is 5.34. The largest absolute Gasteiger partial charge is 0.358 e. The van der Waals surface area contributed by atoms with Crippen LogP contribution in [0.3, 0.4) is 0 Å². The van der Waals surface area contributed by atoms with E-state index in [9.17, 15) is 9.59 Å². The second-order valence-electron chi connectivity index (χ2n) is 9.07. The normalized spacial score (nSPS) is 15.1. The third kappa shape index (κ3) is 4.13. The molecule has 0 unspecified atom stereocenters. The molecule has 0 saturated heterocycles. The van der Waals surface area contributed by atoms with E-state index in [0.717, 1.165) is 45.6 Å². The molecular weight excluding hydrogens is 372 g/mol. The molecule has 30 heavy (non-hydrogen) atoms. The number of Topliss-reactive ketones (excluding diaryl/α,β-unsaturated/α-hetero) is 2. The molecule has 0 aliphatic heterocycles. The van der Waals surface area contributed by atoms with Crippen LogP contribution < -0.4 is 0 Å². The average molecular weight is 401 g/mol. The lowest BCUT2D eigenvalue weighted by Crippen LogP contribution is -2.27. The number of H-pyrrole nitrogens is 1. The molecule has 0 bridgehead atoms. The molecule has 0 atom stereocenters. The highest BCUT2D eigenvalue weighted by atomic mass is 16.1. The van der Waals surface area contributed by atoms with Crippen molar-refractivity contribution in [3.8, 4) is 11.3 Å². The fraction of sp³-hybridized carbons (Fsp3) is 0.346. The molecule has 1 aliphatic rings. The molecule has 1 N–H and O–H groups in total. The van der Waals surface area contributed by atoms with Gasteiger partial charge in [-0.15, -0.1) is 0 Å². The predicted molar refractivity (Wildman–Crippen MR) is 119 cm³/mol. The number of hydrogen-bond donors (Lipinski definition) is 1. The fourth-order valence-electron chi connectivity index (χ4n) is 4.48. The molecule has 4 heteroatoms. The Hall–Kier alpha value is -3.01. The first-order chi connectivity index (χ1) is 14.4. The highest BCUT2D eigenvalue weighted by Crippen LogP contribution is 2.40. The first kappa shape index (κ1) is 20.3. The number of pyridine rings is 1. The van der Waals surface area contributed by atoms with E-state index in [4.69, 9.17) is 0 Å². The quantitative estimate of drug-likeness (QED) is 0.607. The van der Waals surface area contributed by atoms with Gasteiger partial charge >= 0.3 is 0 Å². The number of hydrogen-bond acceptors (Lipinski definition) is 3. The summed E-state index contributed by atoms with van der Waals surface area (Å²) in [7, 11) is 0. The average Bonchev–Trinajstić information content (AvgIpc) is 3.06. The Kier molecular flexibility index (Phi) is 5.42. The number of nitrogens with zero attached hydrogens (tertiary/aromatic N) is 1. The number of carbonyl (C=O) groups is 2. The maximum Gasteiger partial charge on any atom is 0.165 e. The number of ketones is 2. The fourth-order valence-corrected chi connectivity index (χ4v) is 4.48. The third-order valence-corrected chi connectivity index (χ3v) is 5.89. The van der Waals surface area contributed by atoms with Crippen LogP contribution in [0, 0.1) is 5.41 Å². The highest BCUT2D eigenvalue weighted by molar-refractivity contribution is 6.02. The molecule has 0 fully saturated rings. The van der Waals surface area contributed by atoms with Crippen LogP contribution in [0.2, 0.25) is 0 Å². The number of benzene rings is 1. The zero-order chi connectivity index (χ0) is 21.3. The summed E-state index contributed by atoms with van der Waals surface area (Å²) in [5.41, 5.74) is 7.10. The Balaban J connectivity index is 1.78. The second-order valence-corrected chi connectivity index (χ2v) is 9.07. The van der Waals surface area contributed by atoms with Gasteiger partial charge in [-0.05, 0) is 40.7 Å². The Morgan fingerprint density at radius 1 is 1.10 bits per heavy atom. The van der Waals surface area contributed by atoms with Gasteiger partial charge in [-0.25, -0.2) is 0 Å². The summed E-state index contributed by atoms with van der Waals surface area (Å²) in [5.74, 6) is 0.450. The van der Waals surface area contributed by atoms with Crippen LogP contribution in [0.5, 0.6) is 0 Å². The molecular formula is C26H28N2O2. The second kappa shape index (κ2) is 8.02. The van der Waals surface area contributed by atoms with Crippen molar-refractivity contribution < 1.29 is 9.59 Å². The van der Waals surface area contributed by atoms with Gasteiger partial charge < -0.3 is 4.98 Å². The Morgan fingerprint density at radius 2 is 1.83 bits per heavy atom. The van der Waals surface area contributed by atoms with Crippen LogP contribution in [0.25, 0.3) is 11.3 Å². The van der Waals surface area contributed by atoms with Crippen molar-refractivity contribution in [1.82, 2.24) is 9.97 Å². The number of fused-ring (bicyclic) bond motifs is 1. The van der Waals surface area contributed by atoms with Gasteiger partial charge in [0.15, 0.2) is 5.78 Å². The molecule has 1 aliphatic carbocycles. The molecule has 154 valence electrons. The molecule has 3 aromatic rings. The Bertz CT molecular complexity index is 1090. The van der Waals surface area contributed by atoms with E-state index in [1.54, 1.807) is 12.4 Å². The van der Waals surface area contributed by atoms with Crippen molar-refractivity contribution in [3.63, 3.8) is 0 Å². The third-order valence-electron chi connectivity index (χ3n) is 5.89. The highest BCUT2D eigenvalue weighted by Gasteiger charge is 2.35. The summed E-state index contributed by atoms with van der Waals surface area (Å²) in [5, 5.41) is 0. The molecule has 1 aromatic carbocycles. The summed E-state index contributed by atoms with van der Waals surface area (Å²) in [6.45, 7) is 6.19. The van der Waals surface area contributed by atoms with E-state index in [2.05, 4.69) is 35.9 Å². The summed E-state index contributed by atoms with van der Waals surface area (Å²) < 4.78 is 0. The van der Waals surface area contributed by atoms with Gasteiger partial charge in [0.1, 0.15) is 5.78 Å². The summed E-state index contributed by atoms with van der Waals surface area (Å²) in [4.78, 5) is 32.7. The molecule has 2 aromatic heterocycles. The smallest absolute Gasteiger partial charge is 0.165 e. The van der Waals surface area contributed by atoms with Gasteiger partial charge in [-0.1, -0.05) is 45.0 Å². The lowest BCUT2D eigenvalue weighted by Gasteiger charge is -2.28. The van der Waals surface area contributed by atoms with Crippen molar-refractivity contribution in [3.05, 3.63) is 76.7 Å². The van der Waals surface area contributed by atoms with E-state index in [0.29, 0.717) is 25.7 Å². The summed E-state index contributed by atoms with van der Waals surface area (Å²) in [6, 6.07) is 12.1. The molecule has 0 radical (unpaired) electrons. The van der Waals surface area contributed by atoms with Gasteiger partial charge in [0.05, 0.1) is 5.69 Å². The zero-order valence-corrected chi connectivity index (χ0v) is 17.9. The summed E-state index contributed by atoms with van der Waals surface area (Å²) in [6.07, 6.45) is 6.64. The van der Waals surface area contributed by atoms with Gasteiger partial charge in [0, 0.05) is 54.9 Å². The molecule has 0 saturated carbocycles. The lowest BCUT2D eigenvalue weighted by atomic mass is 9.75. The van der Waals surface area contributed by atoms with E-state index >= 15 is 0 Å². The minimum Gasteiger partial charge on any atom is -0.358 e. The van der Waals surface area contributed by atoms with E-state index in [1.165, 1.54) is 0 Å². The maximum atomic E-state index is 13.1. The SMILES string of the molecule is CCC(=O)Cc1cccc(Cc2c(-c3ccncc3)[nH]c3c2C(=O)CC(C)(C)C3)c1. The lowest BCUT2D eigenvalue weighted by molar-refractivity contribution is -0.118. The first-order valence-corrected chi connectivity index (χ1v) is 10.6. The number of nitrogens with one attached hydrogen (secondary N) is 1. The van der Waals surface area contributed by atoms with Crippen LogP contribution in [0.15, 0.2) is 48.8 Å². The molecule has 0 spiro atoms.